The van der Waals surface area contributed by atoms with E-state index in [1.54, 1.807) is 7.11 Å². The van der Waals surface area contributed by atoms with Crippen LogP contribution >= 0.6 is 15.9 Å². The van der Waals surface area contributed by atoms with Gasteiger partial charge in [0, 0.05) is 23.5 Å². The third kappa shape index (κ3) is 2.53. The minimum absolute atomic E-state index is 0.150. The van der Waals surface area contributed by atoms with E-state index in [4.69, 9.17) is 4.74 Å². The molecule has 98 valence electrons. The Morgan fingerprint density at radius 3 is 2.72 bits per heavy atom. The SMILES string of the molecule is COc1ccc(C[C@@H]2CC(C)C(=O)N2C)c(Br)c1. The highest BCUT2D eigenvalue weighted by molar-refractivity contribution is 9.10. The first-order valence-corrected chi connectivity index (χ1v) is 6.91. The van der Waals surface area contributed by atoms with Crippen LogP contribution in [0.25, 0.3) is 0 Å². The number of nitrogens with zero attached hydrogens (tertiary/aromatic N) is 1. The van der Waals surface area contributed by atoms with Gasteiger partial charge in [0.15, 0.2) is 0 Å². The van der Waals surface area contributed by atoms with Gasteiger partial charge < -0.3 is 9.64 Å². The number of likely N-dealkylation sites (N-methyl/N-ethyl adjacent to an activating group) is 1. The maximum Gasteiger partial charge on any atom is 0.225 e. The lowest BCUT2D eigenvalue weighted by atomic mass is 10.0. The number of hydrogen-bond acceptors (Lipinski definition) is 2. The molecule has 0 radical (unpaired) electrons. The van der Waals surface area contributed by atoms with Gasteiger partial charge >= 0.3 is 0 Å². The van der Waals surface area contributed by atoms with Crippen molar-refractivity contribution in [2.75, 3.05) is 14.2 Å². The van der Waals surface area contributed by atoms with Crippen molar-refractivity contribution in [3.05, 3.63) is 28.2 Å². The van der Waals surface area contributed by atoms with E-state index in [0.29, 0.717) is 6.04 Å². The Hall–Kier alpha value is -1.03. The summed E-state index contributed by atoms with van der Waals surface area (Å²) in [5.74, 6) is 1.25. The zero-order valence-electron chi connectivity index (χ0n) is 10.9. The molecule has 2 rings (SSSR count). The van der Waals surface area contributed by atoms with Crippen LogP contribution in [-0.2, 0) is 11.2 Å². The maximum absolute atomic E-state index is 11.8. The normalized spacial score (nSPS) is 23.6. The molecule has 0 N–H and O–H groups in total. The second-order valence-electron chi connectivity index (χ2n) is 4.90. The monoisotopic (exact) mass is 311 g/mol. The molecule has 1 amide bonds. The molecular formula is C14H18BrNO2. The van der Waals surface area contributed by atoms with Crippen LogP contribution in [0.2, 0.25) is 0 Å². The van der Waals surface area contributed by atoms with Crippen molar-refractivity contribution < 1.29 is 9.53 Å². The van der Waals surface area contributed by atoms with Crippen molar-refractivity contribution in [1.29, 1.82) is 0 Å². The third-order valence-corrected chi connectivity index (χ3v) is 4.40. The lowest BCUT2D eigenvalue weighted by Crippen LogP contribution is -2.30. The summed E-state index contributed by atoms with van der Waals surface area (Å²) < 4.78 is 6.22. The van der Waals surface area contributed by atoms with Crippen LogP contribution < -0.4 is 4.74 Å². The van der Waals surface area contributed by atoms with Gasteiger partial charge in [-0.05, 0) is 30.5 Å². The van der Waals surface area contributed by atoms with Crippen LogP contribution in [0, 0.1) is 5.92 Å². The fraction of sp³-hybridized carbons (Fsp3) is 0.500. The number of halogens is 1. The van der Waals surface area contributed by atoms with Gasteiger partial charge in [0.2, 0.25) is 5.91 Å². The Labute approximate surface area is 116 Å². The maximum atomic E-state index is 11.8. The predicted octanol–water partition coefficient (Wildman–Crippen LogP) is 2.87. The zero-order chi connectivity index (χ0) is 13.3. The quantitative estimate of drug-likeness (QED) is 0.859. The summed E-state index contributed by atoms with van der Waals surface area (Å²) in [6.07, 6.45) is 1.82. The molecular weight excluding hydrogens is 294 g/mol. The molecule has 1 fully saturated rings. The molecule has 1 aliphatic rings. The summed E-state index contributed by atoms with van der Waals surface area (Å²) >= 11 is 3.56. The molecule has 0 aliphatic carbocycles. The standard InChI is InChI=1S/C14H18BrNO2/c1-9-6-11(16(2)14(9)17)7-10-4-5-12(18-3)8-13(10)15/h4-5,8-9,11H,6-7H2,1-3H3/t9?,11-/m0/s1. The Morgan fingerprint density at radius 2 is 2.22 bits per heavy atom. The average Bonchev–Trinajstić information content (AvgIpc) is 2.59. The van der Waals surface area contributed by atoms with Gasteiger partial charge in [0.25, 0.3) is 0 Å². The number of carbonyl (C=O) groups is 1. The van der Waals surface area contributed by atoms with Gasteiger partial charge in [0.05, 0.1) is 7.11 Å². The molecule has 1 heterocycles. The van der Waals surface area contributed by atoms with E-state index in [2.05, 4.69) is 22.0 Å². The van der Waals surface area contributed by atoms with Crippen molar-refractivity contribution in [1.82, 2.24) is 4.90 Å². The molecule has 1 saturated heterocycles. The van der Waals surface area contributed by atoms with Crippen LogP contribution in [-0.4, -0.2) is 31.0 Å². The number of benzene rings is 1. The van der Waals surface area contributed by atoms with Gasteiger partial charge in [-0.15, -0.1) is 0 Å². The van der Waals surface area contributed by atoms with Crippen molar-refractivity contribution in [3.63, 3.8) is 0 Å². The summed E-state index contributed by atoms with van der Waals surface area (Å²) in [6.45, 7) is 2.00. The Balaban J connectivity index is 2.13. The smallest absolute Gasteiger partial charge is 0.225 e. The highest BCUT2D eigenvalue weighted by atomic mass is 79.9. The first-order valence-electron chi connectivity index (χ1n) is 6.12. The first kappa shape index (κ1) is 13.4. The number of carbonyl (C=O) groups excluding carboxylic acids is 1. The van der Waals surface area contributed by atoms with Crippen molar-refractivity contribution >= 4 is 21.8 Å². The molecule has 1 aliphatic heterocycles. The number of rotatable bonds is 3. The Bertz CT molecular complexity index is 461. The van der Waals surface area contributed by atoms with Crippen LogP contribution in [0.1, 0.15) is 18.9 Å². The van der Waals surface area contributed by atoms with Crippen LogP contribution in [0.5, 0.6) is 5.75 Å². The third-order valence-electron chi connectivity index (χ3n) is 3.66. The van der Waals surface area contributed by atoms with E-state index >= 15 is 0 Å². The molecule has 1 aromatic carbocycles. The van der Waals surface area contributed by atoms with E-state index in [9.17, 15) is 4.79 Å². The number of methoxy groups -OCH3 is 1. The van der Waals surface area contributed by atoms with E-state index in [0.717, 1.165) is 23.1 Å². The largest absolute Gasteiger partial charge is 0.497 e. The summed E-state index contributed by atoms with van der Waals surface area (Å²) in [7, 11) is 3.56. The number of ether oxygens (including phenoxy) is 1. The molecule has 2 atom stereocenters. The van der Waals surface area contributed by atoms with Crippen LogP contribution in [0.15, 0.2) is 22.7 Å². The molecule has 0 saturated carbocycles. The number of likely N-dealkylation sites (tertiary alicyclic amines) is 1. The van der Waals surface area contributed by atoms with Gasteiger partial charge in [-0.2, -0.15) is 0 Å². The van der Waals surface area contributed by atoms with Gasteiger partial charge in [-0.1, -0.05) is 28.9 Å². The minimum atomic E-state index is 0.150. The minimum Gasteiger partial charge on any atom is -0.497 e. The lowest BCUT2D eigenvalue weighted by Gasteiger charge is -2.20. The van der Waals surface area contributed by atoms with Gasteiger partial charge in [-0.3, -0.25) is 4.79 Å². The summed E-state index contributed by atoms with van der Waals surface area (Å²) in [5.41, 5.74) is 1.22. The van der Waals surface area contributed by atoms with E-state index in [1.165, 1.54) is 5.56 Å². The topological polar surface area (TPSA) is 29.5 Å². The highest BCUT2D eigenvalue weighted by Crippen LogP contribution is 2.29. The van der Waals surface area contributed by atoms with Crippen molar-refractivity contribution in [3.8, 4) is 5.75 Å². The van der Waals surface area contributed by atoms with Crippen LogP contribution in [0.3, 0.4) is 0 Å². The number of hydrogen-bond donors (Lipinski definition) is 0. The van der Waals surface area contributed by atoms with E-state index < -0.39 is 0 Å². The van der Waals surface area contributed by atoms with Gasteiger partial charge in [0.1, 0.15) is 5.75 Å². The number of amides is 1. The fourth-order valence-corrected chi connectivity index (χ4v) is 3.01. The predicted molar refractivity (Wildman–Crippen MR) is 74.7 cm³/mol. The zero-order valence-corrected chi connectivity index (χ0v) is 12.5. The second kappa shape index (κ2) is 5.31. The Morgan fingerprint density at radius 1 is 1.50 bits per heavy atom. The van der Waals surface area contributed by atoms with Crippen molar-refractivity contribution in [2.45, 2.75) is 25.8 Å². The molecule has 1 unspecified atom stereocenters. The van der Waals surface area contributed by atoms with E-state index in [-0.39, 0.29) is 11.8 Å². The second-order valence-corrected chi connectivity index (χ2v) is 5.76. The Kier molecular flexibility index (Phi) is 3.95. The lowest BCUT2D eigenvalue weighted by molar-refractivity contribution is -0.130. The van der Waals surface area contributed by atoms with Gasteiger partial charge in [-0.25, -0.2) is 0 Å². The summed E-state index contributed by atoms with van der Waals surface area (Å²) in [5, 5.41) is 0. The molecule has 0 spiro atoms. The average molecular weight is 312 g/mol. The highest BCUT2D eigenvalue weighted by Gasteiger charge is 2.34. The molecule has 1 aromatic rings. The summed E-state index contributed by atoms with van der Waals surface area (Å²) in [4.78, 5) is 13.7. The first-order chi connectivity index (χ1) is 8.52. The molecule has 0 aromatic heterocycles. The van der Waals surface area contributed by atoms with Crippen LogP contribution in [0.4, 0.5) is 0 Å². The van der Waals surface area contributed by atoms with E-state index in [1.807, 2.05) is 31.0 Å². The summed E-state index contributed by atoms with van der Waals surface area (Å²) in [6, 6.07) is 6.29. The molecule has 0 bridgehead atoms. The fourth-order valence-electron chi connectivity index (χ4n) is 2.49. The molecule has 4 heteroatoms. The van der Waals surface area contributed by atoms with Crippen molar-refractivity contribution in [2.24, 2.45) is 5.92 Å². The molecule has 18 heavy (non-hydrogen) atoms. The molecule has 3 nitrogen and oxygen atoms in total.